The molecule has 2 aromatic heterocycles. The summed E-state index contributed by atoms with van der Waals surface area (Å²) in [7, 11) is 0. The number of nitrogens with two attached hydrogens (primary N) is 1. The molecule has 128 valence electrons. The van der Waals surface area contributed by atoms with E-state index in [1.165, 1.54) is 0 Å². The zero-order chi connectivity index (χ0) is 18.2. The lowest BCUT2D eigenvalue weighted by Crippen LogP contribution is -1.96. The molecule has 2 heterocycles. The van der Waals surface area contributed by atoms with Gasteiger partial charge in [0, 0.05) is 34.6 Å². The Kier molecular flexibility index (Phi) is 5.72. The second-order valence-corrected chi connectivity index (χ2v) is 5.67. The Morgan fingerprint density at radius 3 is 1.96 bits per heavy atom. The van der Waals surface area contributed by atoms with Crippen molar-refractivity contribution in [2.75, 3.05) is 0 Å². The second-order valence-electron chi connectivity index (χ2n) is 5.67. The van der Waals surface area contributed by atoms with Crippen molar-refractivity contribution in [2.45, 2.75) is 13.1 Å². The molecule has 0 saturated heterocycles. The van der Waals surface area contributed by atoms with Gasteiger partial charge in [-0.15, -0.1) is 0 Å². The number of nitrogens with zero attached hydrogens (tertiary/aromatic N) is 5. The number of hydrogen-bond donors (Lipinski definition) is 1. The fraction of sp³-hybridized carbons (Fsp3) is 0.100. The molecule has 0 spiro atoms. The predicted octanol–water partition coefficient (Wildman–Crippen LogP) is 4.74. The minimum Gasteiger partial charge on any atom is -0.326 e. The number of benzene rings is 2. The Morgan fingerprint density at radius 1 is 0.846 bits per heavy atom. The van der Waals surface area contributed by atoms with Crippen molar-refractivity contribution in [3.63, 3.8) is 0 Å². The van der Waals surface area contributed by atoms with E-state index >= 15 is 0 Å². The smallest absolute Gasteiger partial charge is 0.0702 e. The number of azide groups is 1. The number of fused-ring (bicyclic) bond motifs is 2. The fourth-order valence-electron chi connectivity index (χ4n) is 2.54. The Hall–Kier alpha value is -3.47. The van der Waals surface area contributed by atoms with E-state index in [-0.39, 0.29) is 0 Å². The Labute approximate surface area is 151 Å². The standard InChI is InChI=1S/C10H8N4.C10H10N2/c11-14-13-7-8-5-9-3-1-2-4-10(9)12-6-8;11-6-8-5-9-3-1-2-4-10(9)12-7-8/h1-6H,7H2;1-5,7H,6,11H2. The minimum atomic E-state index is 0.355. The molecule has 0 fully saturated rings. The molecule has 0 unspecified atom stereocenters. The van der Waals surface area contributed by atoms with Crippen LogP contribution in [0.2, 0.25) is 0 Å². The SMILES string of the molecule is NCc1cnc2ccccc2c1.[N-]=[N+]=NCc1cnc2ccccc2c1. The molecule has 0 bridgehead atoms. The van der Waals surface area contributed by atoms with Crippen molar-refractivity contribution >= 4 is 21.8 Å². The molecule has 0 atom stereocenters. The van der Waals surface area contributed by atoms with Crippen LogP contribution in [-0.2, 0) is 13.1 Å². The number of rotatable bonds is 3. The largest absolute Gasteiger partial charge is 0.326 e. The van der Waals surface area contributed by atoms with Crippen LogP contribution >= 0.6 is 0 Å². The van der Waals surface area contributed by atoms with Crippen LogP contribution in [0.25, 0.3) is 32.2 Å². The van der Waals surface area contributed by atoms with Crippen molar-refractivity contribution in [1.29, 1.82) is 0 Å². The Bertz CT molecular complexity index is 1070. The lowest BCUT2D eigenvalue weighted by molar-refractivity contribution is 1.04. The molecule has 0 amide bonds. The lowest BCUT2D eigenvalue weighted by Gasteiger charge is -1.98. The van der Waals surface area contributed by atoms with Gasteiger partial charge in [0.05, 0.1) is 17.6 Å². The summed E-state index contributed by atoms with van der Waals surface area (Å²) < 4.78 is 0. The molecule has 4 aromatic rings. The van der Waals surface area contributed by atoms with Gasteiger partial charge in [-0.2, -0.15) is 0 Å². The first-order valence-corrected chi connectivity index (χ1v) is 8.18. The molecule has 2 aromatic carbocycles. The number of hydrogen-bond acceptors (Lipinski definition) is 4. The van der Waals surface area contributed by atoms with E-state index in [1.807, 2.05) is 60.8 Å². The molecule has 2 N–H and O–H groups in total. The van der Waals surface area contributed by atoms with Gasteiger partial charge in [-0.25, -0.2) is 0 Å². The normalized spacial score (nSPS) is 10.0. The highest BCUT2D eigenvalue weighted by Crippen LogP contribution is 2.13. The first-order valence-electron chi connectivity index (χ1n) is 8.18. The highest BCUT2D eigenvalue weighted by molar-refractivity contribution is 5.79. The van der Waals surface area contributed by atoms with Crippen molar-refractivity contribution in [3.05, 3.63) is 94.6 Å². The predicted molar refractivity (Wildman–Crippen MR) is 104 cm³/mol. The summed E-state index contributed by atoms with van der Waals surface area (Å²) in [5.41, 5.74) is 17.7. The van der Waals surface area contributed by atoms with Crippen LogP contribution in [0, 0.1) is 0 Å². The fourth-order valence-corrected chi connectivity index (χ4v) is 2.54. The van der Waals surface area contributed by atoms with Gasteiger partial charge in [0.25, 0.3) is 0 Å². The summed E-state index contributed by atoms with van der Waals surface area (Å²) in [4.78, 5) is 11.2. The molecule has 4 rings (SSSR count). The van der Waals surface area contributed by atoms with Crippen LogP contribution in [0.1, 0.15) is 11.1 Å². The summed E-state index contributed by atoms with van der Waals surface area (Å²) in [6.07, 6.45) is 3.55. The average molecular weight is 342 g/mol. The van der Waals surface area contributed by atoms with E-state index in [1.54, 1.807) is 6.20 Å². The van der Waals surface area contributed by atoms with Crippen molar-refractivity contribution in [3.8, 4) is 0 Å². The van der Waals surface area contributed by atoms with Crippen LogP contribution in [0.15, 0.2) is 78.2 Å². The second kappa shape index (κ2) is 8.58. The third-order valence-electron chi connectivity index (χ3n) is 3.85. The molecule has 26 heavy (non-hydrogen) atoms. The van der Waals surface area contributed by atoms with E-state index < -0.39 is 0 Å². The molecule has 0 aliphatic carbocycles. The molecular weight excluding hydrogens is 324 g/mol. The topological polar surface area (TPSA) is 101 Å². The Morgan fingerprint density at radius 2 is 1.38 bits per heavy atom. The van der Waals surface area contributed by atoms with Crippen LogP contribution in [0.3, 0.4) is 0 Å². The van der Waals surface area contributed by atoms with Crippen molar-refractivity contribution in [2.24, 2.45) is 10.8 Å². The van der Waals surface area contributed by atoms with Gasteiger partial charge in [-0.3, -0.25) is 9.97 Å². The number of aromatic nitrogens is 2. The van der Waals surface area contributed by atoms with Crippen LogP contribution < -0.4 is 5.73 Å². The zero-order valence-electron chi connectivity index (χ0n) is 14.2. The van der Waals surface area contributed by atoms with E-state index in [4.69, 9.17) is 11.3 Å². The summed E-state index contributed by atoms with van der Waals surface area (Å²) in [5.74, 6) is 0. The third kappa shape index (κ3) is 4.33. The maximum atomic E-state index is 8.18. The van der Waals surface area contributed by atoms with E-state index in [9.17, 15) is 0 Å². The summed E-state index contributed by atoms with van der Waals surface area (Å²) in [6, 6.07) is 19.9. The van der Waals surface area contributed by atoms with Gasteiger partial charge in [0.1, 0.15) is 0 Å². The molecule has 6 heteroatoms. The highest BCUT2D eigenvalue weighted by Gasteiger charge is 1.95. The maximum Gasteiger partial charge on any atom is 0.0702 e. The molecule has 0 saturated carbocycles. The van der Waals surface area contributed by atoms with Gasteiger partial charge in [-0.05, 0) is 40.9 Å². The molecule has 6 nitrogen and oxygen atoms in total. The van der Waals surface area contributed by atoms with Gasteiger partial charge < -0.3 is 5.73 Å². The Balaban J connectivity index is 0.000000152. The summed E-state index contributed by atoms with van der Waals surface area (Å²) in [5, 5.41) is 5.71. The quantitative estimate of drug-likeness (QED) is 0.330. The lowest BCUT2D eigenvalue weighted by atomic mass is 10.2. The summed E-state index contributed by atoms with van der Waals surface area (Å²) in [6.45, 7) is 0.909. The van der Waals surface area contributed by atoms with E-state index in [0.29, 0.717) is 13.1 Å². The van der Waals surface area contributed by atoms with Gasteiger partial charge in [-0.1, -0.05) is 41.5 Å². The molecule has 0 aliphatic heterocycles. The van der Waals surface area contributed by atoms with Crippen LogP contribution in [-0.4, -0.2) is 9.97 Å². The van der Waals surface area contributed by atoms with Crippen LogP contribution in [0.4, 0.5) is 0 Å². The van der Waals surface area contributed by atoms with E-state index in [2.05, 4.69) is 26.1 Å². The van der Waals surface area contributed by atoms with Gasteiger partial charge in [0.15, 0.2) is 0 Å². The highest BCUT2D eigenvalue weighted by atomic mass is 15.1. The third-order valence-corrected chi connectivity index (χ3v) is 3.85. The van der Waals surface area contributed by atoms with E-state index in [0.717, 1.165) is 32.9 Å². The van der Waals surface area contributed by atoms with Crippen molar-refractivity contribution < 1.29 is 0 Å². The van der Waals surface area contributed by atoms with Gasteiger partial charge in [0.2, 0.25) is 0 Å². The first kappa shape index (κ1) is 17.4. The minimum absolute atomic E-state index is 0.355. The number of para-hydroxylation sites is 2. The van der Waals surface area contributed by atoms with Crippen molar-refractivity contribution in [1.82, 2.24) is 9.97 Å². The average Bonchev–Trinajstić information content (AvgIpc) is 2.72. The van der Waals surface area contributed by atoms with Gasteiger partial charge >= 0.3 is 0 Å². The monoisotopic (exact) mass is 342 g/mol. The molecule has 0 radical (unpaired) electrons. The zero-order valence-corrected chi connectivity index (χ0v) is 14.2. The first-order chi connectivity index (χ1) is 12.8. The molecule has 0 aliphatic rings. The molecular formula is C20H18N6. The number of pyridine rings is 2. The maximum absolute atomic E-state index is 8.18. The van der Waals surface area contributed by atoms with Crippen LogP contribution in [0.5, 0.6) is 0 Å². The summed E-state index contributed by atoms with van der Waals surface area (Å²) >= 11 is 0.